The van der Waals surface area contributed by atoms with E-state index < -0.39 is 17.6 Å². The zero-order valence-electron chi connectivity index (χ0n) is 16.8. The maximum Gasteiger partial charge on any atom is 0.418 e. The molecule has 3 aromatic rings. The highest BCUT2D eigenvalue weighted by atomic mass is 19.4. The highest BCUT2D eigenvalue weighted by Gasteiger charge is 2.33. The van der Waals surface area contributed by atoms with Gasteiger partial charge in [-0.1, -0.05) is 45.0 Å². The predicted molar refractivity (Wildman–Crippen MR) is 108 cm³/mol. The van der Waals surface area contributed by atoms with Crippen molar-refractivity contribution in [1.29, 1.82) is 0 Å². The molecular weight excluding hydrogens is 395 g/mol. The molecule has 3 rings (SSSR count). The predicted octanol–water partition coefficient (Wildman–Crippen LogP) is 6.43. The summed E-state index contributed by atoms with van der Waals surface area (Å²) in [6, 6.07) is 15.4. The van der Waals surface area contributed by atoms with Gasteiger partial charge < -0.3 is 14.5 Å². The van der Waals surface area contributed by atoms with E-state index in [4.69, 9.17) is 9.15 Å². The summed E-state index contributed by atoms with van der Waals surface area (Å²) in [5.74, 6) is 0.148. The molecule has 0 spiro atoms. The van der Waals surface area contributed by atoms with Crippen LogP contribution in [-0.4, -0.2) is 5.91 Å². The number of hydrogen-bond donors (Lipinski definition) is 1. The molecule has 2 aromatic carbocycles. The van der Waals surface area contributed by atoms with Crippen LogP contribution in [0.4, 0.5) is 18.9 Å². The van der Waals surface area contributed by atoms with Crippen molar-refractivity contribution in [3.8, 4) is 5.75 Å². The van der Waals surface area contributed by atoms with Crippen LogP contribution in [0.15, 0.2) is 65.1 Å². The number of amides is 1. The molecule has 158 valence electrons. The van der Waals surface area contributed by atoms with Crippen LogP contribution >= 0.6 is 0 Å². The Hall–Kier alpha value is -3.22. The summed E-state index contributed by atoms with van der Waals surface area (Å²) in [6.45, 7) is 6.43. The van der Waals surface area contributed by atoms with Gasteiger partial charge in [-0.3, -0.25) is 4.79 Å². The second kappa shape index (κ2) is 8.26. The lowest BCUT2D eigenvalue weighted by molar-refractivity contribution is -0.136. The molecule has 1 N–H and O–H groups in total. The largest absolute Gasteiger partial charge is 0.486 e. The molecule has 0 fully saturated rings. The number of furan rings is 1. The Labute approximate surface area is 172 Å². The van der Waals surface area contributed by atoms with Gasteiger partial charge in [0.15, 0.2) is 5.76 Å². The molecule has 0 atom stereocenters. The zero-order valence-corrected chi connectivity index (χ0v) is 16.8. The number of para-hydroxylation sites is 1. The topological polar surface area (TPSA) is 51.5 Å². The van der Waals surface area contributed by atoms with Gasteiger partial charge in [-0.05, 0) is 47.4 Å². The quantitative estimate of drug-likeness (QED) is 0.521. The van der Waals surface area contributed by atoms with Gasteiger partial charge in [0.1, 0.15) is 18.1 Å². The third kappa shape index (κ3) is 5.23. The number of rotatable bonds is 5. The van der Waals surface area contributed by atoms with E-state index in [0.717, 1.165) is 6.07 Å². The first-order valence-electron chi connectivity index (χ1n) is 9.34. The Balaban J connectivity index is 1.63. The van der Waals surface area contributed by atoms with Crippen LogP contribution in [0.25, 0.3) is 0 Å². The Bertz CT molecular complexity index is 1020. The number of benzene rings is 2. The van der Waals surface area contributed by atoms with Crippen LogP contribution in [0.5, 0.6) is 5.75 Å². The first-order valence-corrected chi connectivity index (χ1v) is 9.34. The van der Waals surface area contributed by atoms with Crippen molar-refractivity contribution in [3.63, 3.8) is 0 Å². The second-order valence-corrected chi connectivity index (χ2v) is 7.83. The number of ether oxygens (including phenoxy) is 1. The molecule has 1 aromatic heterocycles. The summed E-state index contributed by atoms with van der Waals surface area (Å²) in [4.78, 5) is 12.3. The summed E-state index contributed by atoms with van der Waals surface area (Å²) >= 11 is 0. The first-order chi connectivity index (χ1) is 14.0. The average molecular weight is 417 g/mol. The van der Waals surface area contributed by atoms with Crippen LogP contribution < -0.4 is 10.1 Å². The van der Waals surface area contributed by atoms with Crippen LogP contribution in [0.2, 0.25) is 0 Å². The van der Waals surface area contributed by atoms with Gasteiger partial charge >= 0.3 is 6.18 Å². The van der Waals surface area contributed by atoms with Crippen molar-refractivity contribution in [2.45, 2.75) is 39.0 Å². The van der Waals surface area contributed by atoms with Crippen LogP contribution in [0.3, 0.4) is 0 Å². The number of carbonyl (C=O) groups is 1. The van der Waals surface area contributed by atoms with Crippen molar-refractivity contribution in [1.82, 2.24) is 0 Å². The smallest absolute Gasteiger partial charge is 0.418 e. The summed E-state index contributed by atoms with van der Waals surface area (Å²) in [5.41, 5.74) is -0.0479. The molecule has 0 bridgehead atoms. The standard InChI is InChI=1S/C23H22F3NO3/c1-22(2,3)15-8-10-16(11-9-15)29-14-17-12-13-20(30-17)21(28)27-19-7-5-4-6-18(19)23(24,25)26/h4-13H,14H2,1-3H3,(H,27,28). The lowest BCUT2D eigenvalue weighted by Gasteiger charge is -2.19. The number of alkyl halides is 3. The van der Waals surface area contributed by atoms with Crippen LogP contribution in [-0.2, 0) is 18.2 Å². The van der Waals surface area contributed by atoms with Gasteiger partial charge in [-0.15, -0.1) is 0 Å². The fourth-order valence-corrected chi connectivity index (χ4v) is 2.81. The third-order valence-electron chi connectivity index (χ3n) is 4.47. The Morgan fingerprint density at radius 3 is 2.27 bits per heavy atom. The molecule has 0 aliphatic carbocycles. The van der Waals surface area contributed by atoms with E-state index >= 15 is 0 Å². The minimum atomic E-state index is -4.57. The van der Waals surface area contributed by atoms with E-state index in [1.165, 1.54) is 29.8 Å². The number of nitrogens with one attached hydrogen (secondary N) is 1. The minimum Gasteiger partial charge on any atom is -0.486 e. The Morgan fingerprint density at radius 1 is 0.967 bits per heavy atom. The van der Waals surface area contributed by atoms with E-state index in [2.05, 4.69) is 26.1 Å². The summed E-state index contributed by atoms with van der Waals surface area (Å²) in [6.07, 6.45) is -4.57. The van der Waals surface area contributed by atoms with E-state index in [-0.39, 0.29) is 23.5 Å². The van der Waals surface area contributed by atoms with E-state index in [9.17, 15) is 18.0 Å². The fourth-order valence-electron chi connectivity index (χ4n) is 2.81. The molecular formula is C23H22F3NO3. The summed E-state index contributed by atoms with van der Waals surface area (Å²) in [7, 11) is 0. The summed E-state index contributed by atoms with van der Waals surface area (Å²) in [5, 5.41) is 2.25. The van der Waals surface area contributed by atoms with E-state index in [1.807, 2.05) is 24.3 Å². The van der Waals surface area contributed by atoms with Crippen molar-refractivity contribution < 1.29 is 27.1 Å². The average Bonchev–Trinajstić information content (AvgIpc) is 3.15. The van der Waals surface area contributed by atoms with Gasteiger partial charge in [0.25, 0.3) is 5.91 Å². The van der Waals surface area contributed by atoms with Crippen LogP contribution in [0, 0.1) is 0 Å². The molecule has 7 heteroatoms. The molecule has 30 heavy (non-hydrogen) atoms. The van der Waals surface area contributed by atoms with Gasteiger partial charge in [-0.25, -0.2) is 0 Å². The second-order valence-electron chi connectivity index (χ2n) is 7.83. The van der Waals surface area contributed by atoms with Gasteiger partial charge in [0, 0.05) is 0 Å². The lowest BCUT2D eigenvalue weighted by atomic mass is 9.87. The lowest BCUT2D eigenvalue weighted by Crippen LogP contribution is -2.16. The van der Waals surface area contributed by atoms with Crippen LogP contribution in [0.1, 0.15) is 48.2 Å². The van der Waals surface area contributed by atoms with Crippen molar-refractivity contribution in [2.75, 3.05) is 5.32 Å². The number of hydrogen-bond acceptors (Lipinski definition) is 3. The minimum absolute atomic E-state index is 0.0343. The number of anilines is 1. The Morgan fingerprint density at radius 2 is 1.63 bits per heavy atom. The SMILES string of the molecule is CC(C)(C)c1ccc(OCc2ccc(C(=O)Nc3ccccc3C(F)(F)F)o2)cc1. The molecule has 0 radical (unpaired) electrons. The normalized spacial score (nSPS) is 11.9. The fraction of sp³-hybridized carbons (Fsp3) is 0.261. The van der Waals surface area contributed by atoms with Crippen molar-refractivity contribution in [3.05, 3.63) is 83.3 Å². The molecule has 0 unspecified atom stereocenters. The molecule has 0 saturated heterocycles. The molecule has 4 nitrogen and oxygen atoms in total. The molecule has 1 amide bonds. The Kier molecular flexibility index (Phi) is 5.92. The highest BCUT2D eigenvalue weighted by Crippen LogP contribution is 2.34. The molecule has 1 heterocycles. The van der Waals surface area contributed by atoms with Crippen molar-refractivity contribution in [2.24, 2.45) is 0 Å². The maximum atomic E-state index is 13.1. The third-order valence-corrected chi connectivity index (χ3v) is 4.47. The highest BCUT2D eigenvalue weighted by molar-refractivity contribution is 6.02. The summed E-state index contributed by atoms with van der Waals surface area (Å²) < 4.78 is 50.3. The first kappa shape index (κ1) is 21.5. The van der Waals surface area contributed by atoms with E-state index in [0.29, 0.717) is 11.5 Å². The number of halogens is 3. The van der Waals surface area contributed by atoms with E-state index in [1.54, 1.807) is 6.07 Å². The van der Waals surface area contributed by atoms with Gasteiger partial charge in [0.2, 0.25) is 0 Å². The van der Waals surface area contributed by atoms with Gasteiger partial charge in [-0.2, -0.15) is 13.2 Å². The van der Waals surface area contributed by atoms with Gasteiger partial charge in [0.05, 0.1) is 11.3 Å². The molecule has 0 aliphatic rings. The number of carbonyl (C=O) groups excluding carboxylic acids is 1. The monoisotopic (exact) mass is 417 g/mol. The molecule has 0 saturated carbocycles. The maximum absolute atomic E-state index is 13.1. The van der Waals surface area contributed by atoms with Crippen molar-refractivity contribution >= 4 is 11.6 Å². The zero-order chi connectivity index (χ0) is 21.9. The molecule has 0 aliphatic heterocycles.